The average Bonchev–Trinajstić information content (AvgIpc) is 3.27. The van der Waals surface area contributed by atoms with Gasteiger partial charge in [-0.2, -0.15) is 11.3 Å². The van der Waals surface area contributed by atoms with Gasteiger partial charge in [0.05, 0.1) is 6.04 Å². The van der Waals surface area contributed by atoms with E-state index in [0.717, 1.165) is 17.0 Å². The second-order valence-corrected chi connectivity index (χ2v) is 6.89. The van der Waals surface area contributed by atoms with Crippen molar-refractivity contribution in [2.45, 2.75) is 25.3 Å². The summed E-state index contributed by atoms with van der Waals surface area (Å²) >= 11 is 3.25. The highest BCUT2D eigenvalue weighted by molar-refractivity contribution is 7.09. The predicted octanol–water partition coefficient (Wildman–Crippen LogP) is 3.63. The third-order valence-electron chi connectivity index (χ3n) is 3.47. The lowest BCUT2D eigenvalue weighted by Crippen LogP contribution is -2.30. The van der Waals surface area contributed by atoms with Crippen molar-refractivity contribution in [3.8, 4) is 0 Å². The first-order valence-corrected chi connectivity index (χ1v) is 9.22. The van der Waals surface area contributed by atoms with Gasteiger partial charge in [0.15, 0.2) is 0 Å². The Bertz CT molecular complexity index is 712. The van der Waals surface area contributed by atoms with E-state index in [9.17, 15) is 4.79 Å². The maximum Gasteiger partial charge on any atom is 0.220 e. The Labute approximate surface area is 143 Å². The molecule has 3 rings (SSSR count). The number of carbonyl (C=O) groups is 1. The zero-order chi connectivity index (χ0) is 15.9. The molecule has 0 radical (unpaired) electrons. The van der Waals surface area contributed by atoms with Crippen LogP contribution in [-0.4, -0.2) is 15.9 Å². The largest absolute Gasteiger partial charge is 0.347 e. The van der Waals surface area contributed by atoms with Gasteiger partial charge < -0.3 is 5.32 Å². The minimum Gasteiger partial charge on any atom is -0.347 e. The summed E-state index contributed by atoms with van der Waals surface area (Å²) in [7, 11) is 0. The fourth-order valence-corrected chi connectivity index (χ4v) is 3.69. The third kappa shape index (κ3) is 4.71. The first kappa shape index (κ1) is 15.8. The Morgan fingerprint density at radius 1 is 1.22 bits per heavy atom. The van der Waals surface area contributed by atoms with E-state index in [0.29, 0.717) is 12.8 Å². The van der Waals surface area contributed by atoms with Crippen molar-refractivity contribution in [2.24, 2.45) is 0 Å². The molecule has 4 nitrogen and oxygen atoms in total. The smallest absolute Gasteiger partial charge is 0.220 e. The molecule has 118 valence electrons. The molecule has 3 heterocycles. The Balaban J connectivity index is 1.60. The van der Waals surface area contributed by atoms with Crippen molar-refractivity contribution in [1.29, 1.82) is 0 Å². The molecule has 6 heteroatoms. The third-order valence-corrected chi connectivity index (χ3v) is 5.09. The van der Waals surface area contributed by atoms with Crippen LogP contribution in [0, 0.1) is 0 Å². The van der Waals surface area contributed by atoms with Crippen LogP contribution in [0.3, 0.4) is 0 Å². The molecular formula is C17H17N3OS2. The summed E-state index contributed by atoms with van der Waals surface area (Å²) in [6, 6.07) is 5.91. The predicted molar refractivity (Wildman–Crippen MR) is 93.6 cm³/mol. The molecule has 0 unspecified atom stereocenters. The van der Waals surface area contributed by atoms with Crippen LogP contribution in [0.2, 0.25) is 0 Å². The SMILES string of the molecule is O=C(CCc1cccnc1)N[C@@H](Cc1ccsc1)c1nccs1. The number of hydrogen-bond donors (Lipinski definition) is 1. The Kier molecular flexibility index (Phi) is 5.50. The molecule has 0 aliphatic rings. The van der Waals surface area contributed by atoms with Gasteiger partial charge in [-0.05, 0) is 40.4 Å². The summed E-state index contributed by atoms with van der Waals surface area (Å²) in [6.45, 7) is 0. The monoisotopic (exact) mass is 343 g/mol. The van der Waals surface area contributed by atoms with Crippen LogP contribution >= 0.6 is 22.7 Å². The van der Waals surface area contributed by atoms with Crippen molar-refractivity contribution in [3.63, 3.8) is 0 Å². The summed E-state index contributed by atoms with van der Waals surface area (Å²) in [5.74, 6) is 0.0456. The van der Waals surface area contributed by atoms with Crippen LogP contribution in [-0.2, 0) is 17.6 Å². The van der Waals surface area contributed by atoms with E-state index in [1.807, 2.05) is 17.5 Å². The molecule has 0 aliphatic heterocycles. The van der Waals surface area contributed by atoms with Gasteiger partial charge in [0, 0.05) is 36.8 Å². The van der Waals surface area contributed by atoms with E-state index in [1.54, 1.807) is 41.3 Å². The fourth-order valence-electron chi connectivity index (χ4n) is 2.32. The van der Waals surface area contributed by atoms with Crippen molar-refractivity contribution in [2.75, 3.05) is 0 Å². The van der Waals surface area contributed by atoms with E-state index < -0.39 is 0 Å². The van der Waals surface area contributed by atoms with Crippen LogP contribution < -0.4 is 5.32 Å². The molecular weight excluding hydrogens is 326 g/mol. The van der Waals surface area contributed by atoms with Gasteiger partial charge in [-0.15, -0.1) is 11.3 Å². The first-order chi connectivity index (χ1) is 11.3. The molecule has 0 aromatic carbocycles. The topological polar surface area (TPSA) is 54.9 Å². The van der Waals surface area contributed by atoms with Crippen LogP contribution in [0.15, 0.2) is 52.9 Å². The molecule has 0 aliphatic carbocycles. The second kappa shape index (κ2) is 7.99. The summed E-state index contributed by atoms with van der Waals surface area (Å²) in [5, 5.41) is 10.2. The molecule has 0 saturated carbocycles. The van der Waals surface area contributed by atoms with Crippen molar-refractivity contribution in [1.82, 2.24) is 15.3 Å². The number of nitrogens with one attached hydrogen (secondary N) is 1. The number of thiophene rings is 1. The normalized spacial score (nSPS) is 12.0. The van der Waals surface area contributed by atoms with Gasteiger partial charge in [-0.1, -0.05) is 6.07 Å². The molecule has 0 spiro atoms. The van der Waals surface area contributed by atoms with E-state index in [-0.39, 0.29) is 11.9 Å². The van der Waals surface area contributed by atoms with Crippen LogP contribution in [0.1, 0.15) is 28.6 Å². The Morgan fingerprint density at radius 3 is 2.87 bits per heavy atom. The van der Waals surface area contributed by atoms with E-state index in [2.05, 4.69) is 32.1 Å². The number of amides is 1. The molecule has 1 N–H and O–H groups in total. The highest BCUT2D eigenvalue weighted by Crippen LogP contribution is 2.22. The number of hydrogen-bond acceptors (Lipinski definition) is 5. The molecule has 1 atom stereocenters. The van der Waals surface area contributed by atoms with E-state index in [4.69, 9.17) is 0 Å². The van der Waals surface area contributed by atoms with Crippen LogP contribution in [0.4, 0.5) is 0 Å². The quantitative estimate of drug-likeness (QED) is 0.713. The summed E-state index contributed by atoms with van der Waals surface area (Å²) in [4.78, 5) is 20.7. The number of aryl methyl sites for hydroxylation is 1. The van der Waals surface area contributed by atoms with Crippen molar-refractivity contribution < 1.29 is 4.79 Å². The van der Waals surface area contributed by atoms with Gasteiger partial charge >= 0.3 is 0 Å². The van der Waals surface area contributed by atoms with Gasteiger partial charge in [-0.3, -0.25) is 9.78 Å². The zero-order valence-corrected chi connectivity index (χ0v) is 14.1. The van der Waals surface area contributed by atoms with Crippen molar-refractivity contribution >= 4 is 28.6 Å². The minimum absolute atomic E-state index is 0.0456. The lowest BCUT2D eigenvalue weighted by atomic mass is 10.1. The van der Waals surface area contributed by atoms with Gasteiger partial charge in [0.1, 0.15) is 5.01 Å². The first-order valence-electron chi connectivity index (χ1n) is 7.40. The summed E-state index contributed by atoms with van der Waals surface area (Å²) in [5.41, 5.74) is 2.30. The Morgan fingerprint density at radius 2 is 2.17 bits per heavy atom. The maximum absolute atomic E-state index is 12.3. The highest BCUT2D eigenvalue weighted by atomic mass is 32.1. The highest BCUT2D eigenvalue weighted by Gasteiger charge is 2.17. The maximum atomic E-state index is 12.3. The molecule has 0 bridgehead atoms. The van der Waals surface area contributed by atoms with Gasteiger partial charge in [0.25, 0.3) is 0 Å². The van der Waals surface area contributed by atoms with Gasteiger partial charge in [-0.25, -0.2) is 4.98 Å². The fraction of sp³-hybridized carbons (Fsp3) is 0.235. The molecule has 23 heavy (non-hydrogen) atoms. The number of carbonyl (C=O) groups excluding carboxylic acids is 1. The number of thiazole rings is 1. The zero-order valence-electron chi connectivity index (χ0n) is 12.5. The van der Waals surface area contributed by atoms with Crippen LogP contribution in [0.25, 0.3) is 0 Å². The minimum atomic E-state index is -0.0639. The standard InChI is InChI=1S/C17H17N3OS2/c21-16(4-3-13-2-1-6-18-11-13)20-15(17-19-7-9-23-17)10-14-5-8-22-12-14/h1-2,5-9,11-12,15H,3-4,10H2,(H,20,21)/t15-/m0/s1. The Hall–Kier alpha value is -2.05. The molecule has 3 aromatic rings. The summed E-state index contributed by atoms with van der Waals surface area (Å²) < 4.78 is 0. The lowest BCUT2D eigenvalue weighted by molar-refractivity contribution is -0.121. The van der Waals surface area contributed by atoms with E-state index >= 15 is 0 Å². The number of nitrogens with zero attached hydrogens (tertiary/aromatic N) is 2. The molecule has 1 amide bonds. The van der Waals surface area contributed by atoms with Gasteiger partial charge in [0.2, 0.25) is 5.91 Å². The molecule has 0 saturated heterocycles. The van der Waals surface area contributed by atoms with E-state index in [1.165, 1.54) is 5.56 Å². The molecule has 3 aromatic heterocycles. The van der Waals surface area contributed by atoms with Crippen LogP contribution in [0.5, 0.6) is 0 Å². The number of pyridine rings is 1. The number of aromatic nitrogens is 2. The second-order valence-electron chi connectivity index (χ2n) is 5.19. The number of rotatable bonds is 7. The van der Waals surface area contributed by atoms with Crippen molar-refractivity contribution in [3.05, 3.63) is 69.1 Å². The lowest BCUT2D eigenvalue weighted by Gasteiger charge is -2.16. The average molecular weight is 343 g/mol. The molecule has 0 fully saturated rings. The summed E-state index contributed by atoms with van der Waals surface area (Å²) in [6.07, 6.45) is 7.25.